The molecule has 0 radical (unpaired) electrons. The zero-order valence-electron chi connectivity index (χ0n) is 11.0. The Bertz CT molecular complexity index is 436. The van der Waals surface area contributed by atoms with E-state index >= 15 is 0 Å². The maximum absolute atomic E-state index is 2.21. The average molecular weight is 224 g/mol. The molecule has 0 atom stereocenters. The number of fused-ring (bicyclic) bond motifs is 1. The summed E-state index contributed by atoms with van der Waals surface area (Å²) < 4.78 is 0. The van der Waals surface area contributed by atoms with Gasteiger partial charge in [-0.3, -0.25) is 0 Å². The van der Waals surface area contributed by atoms with Crippen LogP contribution >= 0.6 is 0 Å². The molecule has 0 aliphatic heterocycles. The Morgan fingerprint density at radius 1 is 0.647 bits per heavy atom. The molecule has 0 N–H and O–H groups in total. The van der Waals surface area contributed by atoms with Gasteiger partial charge in [-0.1, -0.05) is 59.2 Å². The summed E-state index contributed by atoms with van der Waals surface area (Å²) in [6, 6.07) is 15.2. The molecule has 17 heavy (non-hydrogen) atoms. The summed E-state index contributed by atoms with van der Waals surface area (Å²) in [4.78, 5) is 0. The lowest BCUT2D eigenvalue weighted by atomic mass is 9.89. The Kier molecular flexibility index (Phi) is 3.63. The van der Waals surface area contributed by atoms with Crippen molar-refractivity contribution in [2.24, 2.45) is 0 Å². The van der Waals surface area contributed by atoms with Crippen LogP contribution in [0, 0.1) is 20.8 Å². The fraction of sp³-hybridized carbons (Fsp3) is 0.294. The first-order chi connectivity index (χ1) is 8.15. The molecule has 0 bridgehead atoms. The largest absolute Gasteiger partial charge is 0.0620 e. The summed E-state index contributed by atoms with van der Waals surface area (Å²) in [6.07, 6.45) is 2.60. The van der Waals surface area contributed by atoms with Gasteiger partial charge >= 0.3 is 0 Å². The fourth-order valence-electron chi connectivity index (χ4n) is 2.34. The van der Waals surface area contributed by atoms with Crippen LogP contribution in [0.5, 0.6) is 0 Å². The summed E-state index contributed by atoms with van der Waals surface area (Å²) in [5.41, 5.74) is 7.16. The van der Waals surface area contributed by atoms with Crippen molar-refractivity contribution < 1.29 is 0 Å². The number of rotatable bonds is 0. The summed E-state index contributed by atoms with van der Waals surface area (Å²) in [7, 11) is 0. The zero-order valence-corrected chi connectivity index (χ0v) is 11.0. The zero-order chi connectivity index (χ0) is 12.3. The van der Waals surface area contributed by atoms with Crippen LogP contribution in [0.4, 0.5) is 0 Å². The van der Waals surface area contributed by atoms with E-state index in [1.807, 2.05) is 0 Å². The van der Waals surface area contributed by atoms with Gasteiger partial charge in [0.15, 0.2) is 0 Å². The van der Waals surface area contributed by atoms with Gasteiger partial charge in [-0.25, -0.2) is 0 Å². The van der Waals surface area contributed by atoms with Crippen LogP contribution in [0.2, 0.25) is 0 Å². The summed E-state index contributed by atoms with van der Waals surface area (Å²) >= 11 is 0. The first-order valence-corrected chi connectivity index (χ1v) is 6.27. The molecule has 0 amide bonds. The first-order valence-electron chi connectivity index (χ1n) is 6.27. The highest BCUT2D eigenvalue weighted by Gasteiger charge is 2.09. The van der Waals surface area contributed by atoms with Gasteiger partial charge in [-0.05, 0) is 44.7 Å². The van der Waals surface area contributed by atoms with Gasteiger partial charge < -0.3 is 0 Å². The molecule has 0 saturated heterocycles. The minimum atomic E-state index is 1.30. The van der Waals surface area contributed by atoms with E-state index in [1.165, 1.54) is 29.5 Å². The molecule has 0 saturated carbocycles. The van der Waals surface area contributed by atoms with Crippen molar-refractivity contribution in [3.63, 3.8) is 0 Å². The standard InChI is InChI=1S/C9H12.C8H8/c1-7-4-8(2)6-9(3)5-7;1-2-4-8-6-5-7(8)3-1/h4-6H,1-3H3;1-4H,5-6H2. The van der Waals surface area contributed by atoms with Crippen LogP contribution in [0.25, 0.3) is 0 Å². The van der Waals surface area contributed by atoms with Gasteiger partial charge in [0.05, 0.1) is 0 Å². The second-order valence-corrected chi connectivity index (χ2v) is 4.93. The predicted octanol–water partition coefficient (Wildman–Crippen LogP) is 4.40. The molecule has 0 unspecified atom stereocenters. The summed E-state index contributed by atoms with van der Waals surface area (Å²) in [6.45, 7) is 6.38. The second-order valence-electron chi connectivity index (χ2n) is 4.93. The quantitative estimate of drug-likeness (QED) is 0.622. The van der Waals surface area contributed by atoms with Gasteiger partial charge in [0.2, 0.25) is 0 Å². The van der Waals surface area contributed by atoms with Gasteiger partial charge in [-0.15, -0.1) is 0 Å². The molecular formula is C17H20. The van der Waals surface area contributed by atoms with Crippen molar-refractivity contribution in [3.8, 4) is 0 Å². The van der Waals surface area contributed by atoms with Crippen LogP contribution < -0.4 is 0 Å². The van der Waals surface area contributed by atoms with Crippen molar-refractivity contribution in [2.45, 2.75) is 33.6 Å². The molecule has 0 spiro atoms. The van der Waals surface area contributed by atoms with Crippen molar-refractivity contribution >= 4 is 0 Å². The van der Waals surface area contributed by atoms with Gasteiger partial charge in [-0.2, -0.15) is 0 Å². The highest BCUT2D eigenvalue weighted by atomic mass is 14.1. The van der Waals surface area contributed by atoms with E-state index in [2.05, 4.69) is 63.2 Å². The lowest BCUT2D eigenvalue weighted by molar-refractivity contribution is 0.839. The van der Waals surface area contributed by atoms with E-state index in [9.17, 15) is 0 Å². The van der Waals surface area contributed by atoms with Crippen LogP contribution in [-0.4, -0.2) is 0 Å². The Hall–Kier alpha value is -1.56. The molecule has 1 aliphatic rings. The Morgan fingerprint density at radius 2 is 1.00 bits per heavy atom. The van der Waals surface area contributed by atoms with Crippen LogP contribution in [0.15, 0.2) is 42.5 Å². The fourth-order valence-corrected chi connectivity index (χ4v) is 2.34. The molecule has 0 nitrogen and oxygen atoms in total. The molecule has 2 aromatic carbocycles. The second kappa shape index (κ2) is 5.18. The number of aryl methyl sites for hydroxylation is 5. The number of hydrogen-bond donors (Lipinski definition) is 0. The molecule has 0 heterocycles. The van der Waals surface area contributed by atoms with E-state index in [-0.39, 0.29) is 0 Å². The monoisotopic (exact) mass is 224 g/mol. The smallest absolute Gasteiger partial charge is 0.0235 e. The van der Waals surface area contributed by atoms with Crippen LogP contribution in [0.3, 0.4) is 0 Å². The molecule has 0 aromatic heterocycles. The van der Waals surface area contributed by atoms with Crippen molar-refractivity contribution in [1.82, 2.24) is 0 Å². The summed E-state index contributed by atoms with van der Waals surface area (Å²) in [5, 5.41) is 0. The molecule has 88 valence electrons. The van der Waals surface area contributed by atoms with Gasteiger partial charge in [0.25, 0.3) is 0 Å². The topological polar surface area (TPSA) is 0 Å². The van der Waals surface area contributed by atoms with Crippen molar-refractivity contribution in [1.29, 1.82) is 0 Å². The van der Waals surface area contributed by atoms with Crippen LogP contribution in [0.1, 0.15) is 27.8 Å². The van der Waals surface area contributed by atoms with Crippen LogP contribution in [-0.2, 0) is 12.8 Å². The van der Waals surface area contributed by atoms with E-state index in [4.69, 9.17) is 0 Å². The maximum atomic E-state index is 2.21. The Morgan fingerprint density at radius 3 is 1.24 bits per heavy atom. The molecule has 0 fully saturated rings. The SMILES string of the molecule is Cc1cc(C)cc(C)c1.c1ccc2c(c1)CC2. The van der Waals surface area contributed by atoms with E-state index in [0.717, 1.165) is 0 Å². The maximum Gasteiger partial charge on any atom is -0.0235 e. The highest BCUT2D eigenvalue weighted by Crippen LogP contribution is 2.20. The average Bonchev–Trinajstić information content (AvgIpc) is 2.19. The third kappa shape index (κ3) is 3.20. The number of hydrogen-bond acceptors (Lipinski definition) is 0. The Balaban J connectivity index is 0.000000127. The minimum absolute atomic E-state index is 1.30. The highest BCUT2D eigenvalue weighted by molar-refractivity contribution is 5.34. The molecule has 0 heteroatoms. The predicted molar refractivity (Wildman–Crippen MR) is 74.5 cm³/mol. The van der Waals surface area contributed by atoms with Gasteiger partial charge in [0.1, 0.15) is 0 Å². The Labute approximate surface area is 104 Å². The van der Waals surface area contributed by atoms with Crippen molar-refractivity contribution in [2.75, 3.05) is 0 Å². The van der Waals surface area contributed by atoms with Gasteiger partial charge in [0, 0.05) is 0 Å². The van der Waals surface area contributed by atoms with Crippen molar-refractivity contribution in [3.05, 3.63) is 70.3 Å². The minimum Gasteiger partial charge on any atom is -0.0620 e. The lowest BCUT2D eigenvalue weighted by Gasteiger charge is -2.16. The first kappa shape index (κ1) is 11.9. The van der Waals surface area contributed by atoms with E-state index in [1.54, 1.807) is 11.1 Å². The molecule has 3 rings (SSSR count). The van der Waals surface area contributed by atoms with E-state index in [0.29, 0.717) is 0 Å². The molecule has 1 aliphatic carbocycles. The van der Waals surface area contributed by atoms with E-state index < -0.39 is 0 Å². The lowest BCUT2D eigenvalue weighted by Crippen LogP contribution is -2.06. The third-order valence-corrected chi connectivity index (χ3v) is 3.15. The molecular weight excluding hydrogens is 204 g/mol. The summed E-state index contributed by atoms with van der Waals surface area (Å²) in [5.74, 6) is 0. The molecule has 2 aromatic rings. The number of benzene rings is 2. The normalized spacial score (nSPS) is 11.9. The third-order valence-electron chi connectivity index (χ3n) is 3.15.